The molecule has 2 nitrogen and oxygen atoms in total. The zero-order valence-corrected chi connectivity index (χ0v) is 8.77. The van der Waals surface area contributed by atoms with Crippen molar-refractivity contribution >= 4 is 0 Å². The summed E-state index contributed by atoms with van der Waals surface area (Å²) < 4.78 is 0. The Kier molecular flexibility index (Phi) is 6.50. The van der Waals surface area contributed by atoms with E-state index in [1.807, 2.05) is 18.2 Å². The van der Waals surface area contributed by atoms with Crippen LogP contribution in [0.4, 0.5) is 0 Å². The van der Waals surface area contributed by atoms with Crippen LogP contribution in [0.15, 0.2) is 36.9 Å². The fraction of sp³-hybridized carbons (Fsp3) is 0.333. The molecule has 0 bridgehead atoms. The average Bonchev–Trinajstić information content (AvgIpc) is 2.18. The van der Waals surface area contributed by atoms with Crippen LogP contribution < -0.4 is 0 Å². The van der Waals surface area contributed by atoms with Crippen LogP contribution in [-0.2, 0) is 0 Å². The quantitative estimate of drug-likeness (QED) is 0.711. The number of benzene rings is 1. The van der Waals surface area contributed by atoms with Crippen LogP contribution in [0.3, 0.4) is 0 Å². The summed E-state index contributed by atoms with van der Waals surface area (Å²) in [6, 6.07) is 7.44. The van der Waals surface area contributed by atoms with Crippen molar-refractivity contribution in [2.24, 2.45) is 0 Å². The van der Waals surface area contributed by atoms with Crippen LogP contribution in [0.1, 0.15) is 25.3 Å². The van der Waals surface area contributed by atoms with Gasteiger partial charge < -0.3 is 10.2 Å². The van der Waals surface area contributed by atoms with Crippen molar-refractivity contribution in [3.05, 3.63) is 42.5 Å². The summed E-state index contributed by atoms with van der Waals surface area (Å²) in [7, 11) is 0. The van der Waals surface area contributed by atoms with Crippen LogP contribution >= 0.6 is 0 Å². The normalized spacial score (nSPS) is 9.14. The van der Waals surface area contributed by atoms with E-state index in [2.05, 4.69) is 20.4 Å². The summed E-state index contributed by atoms with van der Waals surface area (Å²) in [5.41, 5.74) is 1.02. The number of aromatic hydroxyl groups is 1. The van der Waals surface area contributed by atoms with Gasteiger partial charge in [-0.3, -0.25) is 0 Å². The highest BCUT2D eigenvalue weighted by molar-refractivity contribution is 5.33. The molecular formula is C12H18O2. The van der Waals surface area contributed by atoms with Crippen LogP contribution in [0.5, 0.6) is 5.75 Å². The molecule has 0 unspecified atom stereocenters. The smallest absolute Gasteiger partial charge is 0.119 e. The number of aliphatic hydroxyl groups excluding tert-OH is 1. The molecule has 1 aromatic rings. The lowest BCUT2D eigenvalue weighted by Gasteiger charge is -2.05. The zero-order chi connectivity index (χ0) is 11.0. The molecule has 0 saturated carbocycles. The summed E-state index contributed by atoms with van der Waals surface area (Å²) >= 11 is 0. The largest absolute Gasteiger partial charge is 0.508 e. The highest BCUT2D eigenvalue weighted by atomic mass is 16.3. The first-order chi connectivity index (χ1) is 6.63. The van der Waals surface area contributed by atoms with E-state index < -0.39 is 0 Å². The predicted molar refractivity (Wildman–Crippen MR) is 59.5 cm³/mol. The molecule has 2 heteroatoms. The summed E-state index contributed by atoms with van der Waals surface area (Å²) in [6.07, 6.45) is 1.43. The molecule has 1 rings (SSSR count). The van der Waals surface area contributed by atoms with Crippen molar-refractivity contribution in [3.8, 4) is 5.75 Å². The highest BCUT2D eigenvalue weighted by Gasteiger charge is 2.01. The Morgan fingerprint density at radius 1 is 1.36 bits per heavy atom. The second-order valence-corrected chi connectivity index (χ2v) is 3.18. The molecule has 0 aliphatic carbocycles. The van der Waals surface area contributed by atoms with Crippen LogP contribution in [0.25, 0.3) is 0 Å². The maximum Gasteiger partial charge on any atom is 0.119 e. The minimum absolute atomic E-state index is 0.0833. The van der Waals surface area contributed by atoms with Gasteiger partial charge in [0.05, 0.1) is 6.61 Å². The molecule has 1 aromatic carbocycles. The van der Waals surface area contributed by atoms with E-state index in [0.717, 1.165) is 5.56 Å². The molecule has 0 aliphatic heterocycles. The number of hydrogen-bond donors (Lipinski definition) is 2. The van der Waals surface area contributed by atoms with Gasteiger partial charge in [-0.1, -0.05) is 38.1 Å². The zero-order valence-electron chi connectivity index (χ0n) is 8.77. The SMILES string of the molecule is C=CCO.CC(C)c1ccccc1O. The average molecular weight is 194 g/mol. The number of para-hydroxylation sites is 1. The van der Waals surface area contributed by atoms with Crippen LogP contribution in [0.2, 0.25) is 0 Å². The molecule has 0 atom stereocenters. The van der Waals surface area contributed by atoms with Gasteiger partial charge in [-0.05, 0) is 17.5 Å². The van der Waals surface area contributed by atoms with Gasteiger partial charge in [-0.2, -0.15) is 0 Å². The van der Waals surface area contributed by atoms with Gasteiger partial charge in [0.15, 0.2) is 0 Å². The number of hydrogen-bond acceptors (Lipinski definition) is 2. The molecule has 14 heavy (non-hydrogen) atoms. The minimum atomic E-state index is 0.0833. The van der Waals surface area contributed by atoms with Gasteiger partial charge >= 0.3 is 0 Å². The van der Waals surface area contributed by atoms with E-state index in [1.165, 1.54) is 6.08 Å². The lowest BCUT2D eigenvalue weighted by molar-refractivity contribution is 0.343. The van der Waals surface area contributed by atoms with Gasteiger partial charge in [0.1, 0.15) is 5.75 Å². The minimum Gasteiger partial charge on any atom is -0.508 e. The molecule has 0 fully saturated rings. The van der Waals surface area contributed by atoms with Gasteiger partial charge in [0, 0.05) is 0 Å². The predicted octanol–water partition coefficient (Wildman–Crippen LogP) is 2.68. The molecular weight excluding hydrogens is 176 g/mol. The molecule has 0 heterocycles. The van der Waals surface area contributed by atoms with Crippen molar-refractivity contribution in [1.29, 1.82) is 0 Å². The van der Waals surface area contributed by atoms with Crippen molar-refractivity contribution in [3.63, 3.8) is 0 Å². The topological polar surface area (TPSA) is 40.5 Å². The Labute approximate surface area is 85.5 Å². The van der Waals surface area contributed by atoms with Crippen LogP contribution in [0, 0.1) is 0 Å². The van der Waals surface area contributed by atoms with Gasteiger partial charge in [-0.15, -0.1) is 6.58 Å². The fourth-order valence-corrected chi connectivity index (χ4v) is 0.976. The van der Waals surface area contributed by atoms with E-state index in [-0.39, 0.29) is 6.61 Å². The second kappa shape index (κ2) is 7.15. The fourth-order valence-electron chi connectivity index (χ4n) is 0.976. The summed E-state index contributed by atoms with van der Waals surface area (Å²) in [4.78, 5) is 0. The van der Waals surface area contributed by atoms with Gasteiger partial charge in [0.2, 0.25) is 0 Å². The number of aliphatic hydroxyl groups is 1. The second-order valence-electron chi connectivity index (χ2n) is 3.18. The molecule has 0 aromatic heterocycles. The Balaban J connectivity index is 0.000000364. The molecule has 0 saturated heterocycles. The summed E-state index contributed by atoms with van der Waals surface area (Å²) in [5.74, 6) is 0.804. The van der Waals surface area contributed by atoms with Crippen LogP contribution in [-0.4, -0.2) is 16.8 Å². The van der Waals surface area contributed by atoms with Crippen molar-refractivity contribution in [2.45, 2.75) is 19.8 Å². The summed E-state index contributed by atoms with van der Waals surface area (Å²) in [6.45, 7) is 7.44. The van der Waals surface area contributed by atoms with Crippen molar-refractivity contribution in [2.75, 3.05) is 6.61 Å². The van der Waals surface area contributed by atoms with Crippen molar-refractivity contribution < 1.29 is 10.2 Å². The van der Waals surface area contributed by atoms with Crippen molar-refractivity contribution in [1.82, 2.24) is 0 Å². The highest BCUT2D eigenvalue weighted by Crippen LogP contribution is 2.23. The molecule has 2 N–H and O–H groups in total. The van der Waals surface area contributed by atoms with E-state index in [0.29, 0.717) is 11.7 Å². The third-order valence-electron chi connectivity index (χ3n) is 1.69. The van der Waals surface area contributed by atoms with Gasteiger partial charge in [-0.25, -0.2) is 0 Å². The Morgan fingerprint density at radius 2 is 1.86 bits per heavy atom. The van der Waals surface area contributed by atoms with E-state index in [4.69, 9.17) is 5.11 Å². The van der Waals surface area contributed by atoms with E-state index in [1.54, 1.807) is 6.07 Å². The molecule has 0 radical (unpaired) electrons. The first kappa shape index (κ1) is 12.7. The maximum atomic E-state index is 9.28. The standard InChI is InChI=1S/C9H12O.C3H6O/c1-7(2)8-5-3-4-6-9(8)10;1-2-3-4/h3-7,10H,1-2H3;2,4H,1,3H2. The first-order valence-corrected chi connectivity index (χ1v) is 4.63. The number of phenols is 1. The number of rotatable bonds is 2. The Hall–Kier alpha value is -1.28. The van der Waals surface area contributed by atoms with E-state index in [9.17, 15) is 5.11 Å². The monoisotopic (exact) mass is 194 g/mol. The molecule has 0 amide bonds. The molecule has 78 valence electrons. The third kappa shape index (κ3) is 4.67. The number of phenolic OH excluding ortho intramolecular Hbond substituents is 1. The lowest BCUT2D eigenvalue weighted by atomic mass is 10.0. The molecule has 0 aliphatic rings. The third-order valence-corrected chi connectivity index (χ3v) is 1.69. The molecule has 0 spiro atoms. The van der Waals surface area contributed by atoms with Gasteiger partial charge in [0.25, 0.3) is 0 Å². The first-order valence-electron chi connectivity index (χ1n) is 4.63. The maximum absolute atomic E-state index is 9.28. The Bertz CT molecular complexity index is 267. The lowest BCUT2D eigenvalue weighted by Crippen LogP contribution is -1.85. The van der Waals surface area contributed by atoms with E-state index >= 15 is 0 Å². The Morgan fingerprint density at radius 3 is 2.14 bits per heavy atom. The summed E-state index contributed by atoms with van der Waals surface area (Å²) in [5, 5.41) is 17.0.